The SMILES string of the molecule is O=C(c1cscn1)N1CCC[C@H]1c1nc2ccccc2[nH]1. The number of H-pyrrole nitrogens is 1. The van der Waals surface area contributed by atoms with Crippen LogP contribution in [0.2, 0.25) is 0 Å². The zero-order chi connectivity index (χ0) is 14.2. The minimum absolute atomic E-state index is 0.000735. The molecule has 0 aliphatic carbocycles. The van der Waals surface area contributed by atoms with Gasteiger partial charge in [-0.25, -0.2) is 9.97 Å². The van der Waals surface area contributed by atoms with Gasteiger partial charge in [-0.2, -0.15) is 0 Å². The summed E-state index contributed by atoms with van der Waals surface area (Å²) in [6.07, 6.45) is 1.94. The van der Waals surface area contributed by atoms with Crippen LogP contribution >= 0.6 is 11.3 Å². The predicted molar refractivity (Wildman–Crippen MR) is 81.2 cm³/mol. The number of aromatic amines is 1. The lowest BCUT2D eigenvalue weighted by Gasteiger charge is -2.22. The monoisotopic (exact) mass is 298 g/mol. The summed E-state index contributed by atoms with van der Waals surface area (Å²) < 4.78 is 0. The average molecular weight is 298 g/mol. The highest BCUT2D eigenvalue weighted by Gasteiger charge is 2.33. The summed E-state index contributed by atoms with van der Waals surface area (Å²) in [7, 11) is 0. The van der Waals surface area contributed by atoms with E-state index in [0.29, 0.717) is 5.69 Å². The van der Waals surface area contributed by atoms with Crippen molar-refractivity contribution in [3.63, 3.8) is 0 Å². The zero-order valence-electron chi connectivity index (χ0n) is 11.3. The highest BCUT2D eigenvalue weighted by atomic mass is 32.1. The van der Waals surface area contributed by atoms with Gasteiger partial charge in [0, 0.05) is 11.9 Å². The number of amides is 1. The minimum Gasteiger partial charge on any atom is -0.340 e. The molecule has 1 aromatic carbocycles. The van der Waals surface area contributed by atoms with Gasteiger partial charge in [-0.05, 0) is 25.0 Å². The number of likely N-dealkylation sites (tertiary alicyclic amines) is 1. The summed E-state index contributed by atoms with van der Waals surface area (Å²) in [6, 6.07) is 7.97. The van der Waals surface area contributed by atoms with Crippen molar-refractivity contribution >= 4 is 28.3 Å². The Kier molecular flexibility index (Phi) is 2.96. The van der Waals surface area contributed by atoms with Crippen LogP contribution in [0.25, 0.3) is 11.0 Å². The molecule has 0 unspecified atom stereocenters. The van der Waals surface area contributed by atoms with Crippen LogP contribution in [0.3, 0.4) is 0 Å². The Balaban J connectivity index is 1.68. The highest BCUT2D eigenvalue weighted by Crippen LogP contribution is 2.32. The normalized spacial score (nSPS) is 18.5. The molecule has 1 atom stereocenters. The second-order valence-electron chi connectivity index (χ2n) is 5.17. The molecule has 3 aromatic rings. The number of aromatic nitrogens is 3. The van der Waals surface area contributed by atoms with E-state index >= 15 is 0 Å². The fourth-order valence-corrected chi connectivity index (χ4v) is 3.42. The lowest BCUT2D eigenvalue weighted by atomic mass is 10.2. The largest absolute Gasteiger partial charge is 0.340 e. The van der Waals surface area contributed by atoms with Crippen LogP contribution in [0, 0.1) is 0 Å². The summed E-state index contributed by atoms with van der Waals surface area (Å²) in [6.45, 7) is 0.762. The van der Waals surface area contributed by atoms with Gasteiger partial charge < -0.3 is 9.88 Å². The van der Waals surface area contributed by atoms with Crippen LogP contribution in [0.5, 0.6) is 0 Å². The van der Waals surface area contributed by atoms with Crippen LogP contribution in [-0.4, -0.2) is 32.3 Å². The molecule has 0 bridgehead atoms. The van der Waals surface area contributed by atoms with E-state index in [-0.39, 0.29) is 11.9 Å². The number of nitrogens with zero attached hydrogens (tertiary/aromatic N) is 3. The van der Waals surface area contributed by atoms with Gasteiger partial charge in [0.1, 0.15) is 11.5 Å². The van der Waals surface area contributed by atoms with E-state index in [1.165, 1.54) is 11.3 Å². The van der Waals surface area contributed by atoms with Crippen molar-refractivity contribution in [2.24, 2.45) is 0 Å². The molecule has 2 aromatic heterocycles. The third kappa shape index (κ3) is 2.12. The summed E-state index contributed by atoms with van der Waals surface area (Å²) >= 11 is 1.45. The van der Waals surface area contributed by atoms with Gasteiger partial charge in [-0.15, -0.1) is 11.3 Å². The number of nitrogens with one attached hydrogen (secondary N) is 1. The fraction of sp³-hybridized carbons (Fsp3) is 0.267. The van der Waals surface area contributed by atoms with Crippen LogP contribution in [0.1, 0.15) is 35.2 Å². The van der Waals surface area contributed by atoms with E-state index in [1.807, 2.05) is 29.2 Å². The summed E-state index contributed by atoms with van der Waals surface area (Å²) in [5.41, 5.74) is 4.18. The Bertz CT molecular complexity index is 747. The second kappa shape index (κ2) is 4.96. The number of carbonyl (C=O) groups excluding carboxylic acids is 1. The van der Waals surface area contributed by atoms with Gasteiger partial charge in [0.15, 0.2) is 0 Å². The first-order valence-electron chi connectivity index (χ1n) is 6.97. The molecule has 0 saturated carbocycles. The van der Waals surface area contributed by atoms with Gasteiger partial charge >= 0.3 is 0 Å². The van der Waals surface area contributed by atoms with Crippen molar-refractivity contribution in [3.8, 4) is 0 Å². The number of carbonyl (C=O) groups is 1. The van der Waals surface area contributed by atoms with Gasteiger partial charge in [0.25, 0.3) is 5.91 Å². The molecule has 6 heteroatoms. The summed E-state index contributed by atoms with van der Waals surface area (Å²) in [4.78, 5) is 26.5. The van der Waals surface area contributed by atoms with E-state index in [9.17, 15) is 4.79 Å². The molecule has 1 fully saturated rings. The van der Waals surface area contributed by atoms with E-state index in [2.05, 4.69) is 15.0 Å². The number of benzene rings is 1. The number of fused-ring (bicyclic) bond motifs is 1. The maximum Gasteiger partial charge on any atom is 0.273 e. The van der Waals surface area contributed by atoms with Gasteiger partial charge in [0.05, 0.1) is 22.6 Å². The quantitative estimate of drug-likeness (QED) is 0.791. The van der Waals surface area contributed by atoms with Crippen molar-refractivity contribution < 1.29 is 4.79 Å². The summed E-state index contributed by atoms with van der Waals surface area (Å²) in [5.74, 6) is 0.872. The number of rotatable bonds is 2. The van der Waals surface area contributed by atoms with Crippen LogP contribution < -0.4 is 0 Å². The molecular formula is C15H14N4OS. The van der Waals surface area contributed by atoms with Crippen molar-refractivity contribution in [1.82, 2.24) is 19.9 Å². The molecule has 1 aliphatic rings. The van der Waals surface area contributed by atoms with Gasteiger partial charge in [-0.1, -0.05) is 12.1 Å². The molecule has 1 aliphatic heterocycles. The molecule has 1 saturated heterocycles. The van der Waals surface area contributed by atoms with E-state index < -0.39 is 0 Å². The van der Waals surface area contributed by atoms with E-state index in [1.54, 1.807) is 10.9 Å². The van der Waals surface area contributed by atoms with Crippen molar-refractivity contribution in [3.05, 3.63) is 46.7 Å². The van der Waals surface area contributed by atoms with Crippen LogP contribution in [0.4, 0.5) is 0 Å². The molecule has 21 heavy (non-hydrogen) atoms. The van der Waals surface area contributed by atoms with Gasteiger partial charge in [0.2, 0.25) is 0 Å². The predicted octanol–water partition coefficient (Wildman–Crippen LogP) is 3.00. The smallest absolute Gasteiger partial charge is 0.273 e. The Hall–Kier alpha value is -2.21. The Morgan fingerprint density at radius 1 is 1.38 bits per heavy atom. The number of imidazole rings is 1. The Labute approximate surface area is 125 Å². The topological polar surface area (TPSA) is 61.9 Å². The second-order valence-corrected chi connectivity index (χ2v) is 5.89. The molecule has 1 N–H and O–H groups in total. The number of thiazole rings is 1. The molecule has 0 radical (unpaired) electrons. The first-order valence-corrected chi connectivity index (χ1v) is 7.91. The molecular weight excluding hydrogens is 284 g/mol. The number of para-hydroxylation sites is 2. The van der Waals surface area contributed by atoms with Crippen LogP contribution in [-0.2, 0) is 0 Å². The van der Waals surface area contributed by atoms with Crippen LogP contribution in [0.15, 0.2) is 35.2 Å². The molecule has 5 nitrogen and oxygen atoms in total. The standard InChI is InChI=1S/C15H14N4OS/c20-15(12-8-21-9-16-12)19-7-3-6-13(19)14-17-10-4-1-2-5-11(10)18-14/h1-2,4-5,8-9,13H,3,6-7H2,(H,17,18)/t13-/m0/s1. The molecule has 106 valence electrons. The number of hydrogen-bond acceptors (Lipinski definition) is 4. The average Bonchev–Trinajstić information content (AvgIpc) is 3.24. The minimum atomic E-state index is -0.000735. The molecule has 4 rings (SSSR count). The first kappa shape index (κ1) is 12.5. The van der Waals surface area contributed by atoms with Gasteiger partial charge in [-0.3, -0.25) is 4.79 Å². The number of hydrogen-bond donors (Lipinski definition) is 1. The Morgan fingerprint density at radius 2 is 2.29 bits per heavy atom. The third-order valence-corrected chi connectivity index (χ3v) is 4.47. The first-order chi connectivity index (χ1) is 10.3. The third-order valence-electron chi connectivity index (χ3n) is 3.89. The van der Waals surface area contributed by atoms with Crippen molar-refractivity contribution in [2.75, 3.05) is 6.54 Å². The maximum atomic E-state index is 12.5. The highest BCUT2D eigenvalue weighted by molar-refractivity contribution is 7.07. The Morgan fingerprint density at radius 3 is 3.10 bits per heavy atom. The van der Waals surface area contributed by atoms with E-state index in [0.717, 1.165) is 36.2 Å². The maximum absolute atomic E-state index is 12.5. The lowest BCUT2D eigenvalue weighted by molar-refractivity contribution is 0.0725. The van der Waals surface area contributed by atoms with E-state index in [4.69, 9.17) is 0 Å². The lowest BCUT2D eigenvalue weighted by Crippen LogP contribution is -2.31. The zero-order valence-corrected chi connectivity index (χ0v) is 12.1. The fourth-order valence-electron chi connectivity index (χ4n) is 2.89. The summed E-state index contributed by atoms with van der Waals surface area (Å²) in [5, 5.41) is 1.80. The van der Waals surface area contributed by atoms with Crippen molar-refractivity contribution in [1.29, 1.82) is 0 Å². The molecule has 3 heterocycles. The van der Waals surface area contributed by atoms with Crippen molar-refractivity contribution in [2.45, 2.75) is 18.9 Å². The molecule has 0 spiro atoms. The molecule has 1 amide bonds.